The van der Waals surface area contributed by atoms with E-state index in [2.05, 4.69) is 210 Å². The van der Waals surface area contributed by atoms with Crippen LogP contribution in [0.25, 0.3) is 88.4 Å². The Balaban J connectivity index is 1.09. The minimum absolute atomic E-state index is 0.124. The van der Waals surface area contributed by atoms with Crippen molar-refractivity contribution in [2.45, 2.75) is 66.2 Å². The zero-order valence-electron chi connectivity index (χ0n) is 35.8. The van der Waals surface area contributed by atoms with E-state index in [1.165, 1.54) is 65.9 Å². The molecule has 0 N–H and O–H groups in total. The molecule has 0 aliphatic carbocycles. The maximum atomic E-state index is 5.06. The highest BCUT2D eigenvalue weighted by Gasteiger charge is 2.25. The summed E-state index contributed by atoms with van der Waals surface area (Å²) in [6, 6.07) is 53.4. The average molecular weight is 779 g/mol. The van der Waals surface area contributed by atoms with E-state index in [-0.39, 0.29) is 10.8 Å². The van der Waals surface area contributed by atoms with Crippen molar-refractivity contribution in [3.63, 3.8) is 0 Å². The van der Waals surface area contributed by atoms with Crippen LogP contribution in [0.5, 0.6) is 0 Å². The third-order valence-corrected chi connectivity index (χ3v) is 12.4. The molecule has 0 bridgehead atoms. The summed E-state index contributed by atoms with van der Waals surface area (Å²) in [6.07, 6.45) is 4.09. The van der Waals surface area contributed by atoms with Gasteiger partial charge in [-0.25, -0.2) is 0 Å². The normalized spacial score (nSPS) is 12.3. The van der Waals surface area contributed by atoms with Crippen LogP contribution >= 0.6 is 0 Å². The molecule has 0 saturated carbocycles. The topological polar surface area (TPSA) is 35.6 Å². The molecule has 4 nitrogen and oxygen atoms in total. The van der Waals surface area contributed by atoms with Crippen molar-refractivity contribution in [2.24, 2.45) is 0 Å². The van der Waals surface area contributed by atoms with Crippen molar-refractivity contribution in [2.75, 3.05) is 0 Å². The minimum atomic E-state index is -0.124. The number of benzene rings is 6. The van der Waals surface area contributed by atoms with Crippen LogP contribution in [0.4, 0.5) is 0 Å². The predicted octanol–water partition coefficient (Wildman–Crippen LogP) is 14.9. The highest BCUT2D eigenvalue weighted by Crippen LogP contribution is 2.42. The van der Waals surface area contributed by atoms with E-state index in [4.69, 9.17) is 9.97 Å². The first kappa shape index (κ1) is 37.5. The van der Waals surface area contributed by atoms with Gasteiger partial charge in [-0.2, -0.15) is 0 Å². The lowest BCUT2D eigenvalue weighted by Crippen LogP contribution is -2.14. The lowest BCUT2D eigenvalue weighted by atomic mass is 9.81. The lowest BCUT2D eigenvalue weighted by Gasteiger charge is -2.25. The summed E-state index contributed by atoms with van der Waals surface area (Å²) in [6.45, 7) is 18.1. The van der Waals surface area contributed by atoms with Crippen molar-refractivity contribution in [3.8, 4) is 44.8 Å². The van der Waals surface area contributed by atoms with E-state index in [9.17, 15) is 0 Å². The molecule has 6 aromatic carbocycles. The Kier molecular flexibility index (Phi) is 8.69. The molecule has 0 aliphatic heterocycles. The van der Waals surface area contributed by atoms with Gasteiger partial charge in [0.2, 0.25) is 0 Å². The number of aromatic nitrogens is 4. The van der Waals surface area contributed by atoms with Gasteiger partial charge in [-0.05, 0) is 108 Å². The van der Waals surface area contributed by atoms with Gasteiger partial charge in [-0.15, -0.1) is 0 Å². The molecule has 0 aliphatic rings. The van der Waals surface area contributed by atoms with Crippen LogP contribution in [0, 0.1) is 13.8 Å². The van der Waals surface area contributed by atoms with Crippen LogP contribution in [-0.2, 0) is 10.8 Å². The fraction of sp³-hybridized carbons (Fsp3) is 0.179. The third kappa shape index (κ3) is 6.13. The zero-order chi connectivity index (χ0) is 41.5. The van der Waals surface area contributed by atoms with Crippen LogP contribution in [0.15, 0.2) is 158 Å². The van der Waals surface area contributed by atoms with E-state index < -0.39 is 0 Å². The first-order valence-corrected chi connectivity index (χ1v) is 21.1. The number of aryl methyl sites for hydroxylation is 2. The Labute approximate surface area is 352 Å². The first-order valence-electron chi connectivity index (χ1n) is 21.1. The van der Waals surface area contributed by atoms with Crippen LogP contribution in [0.1, 0.15) is 64.1 Å². The molecule has 4 heteroatoms. The molecule has 60 heavy (non-hydrogen) atoms. The molecule has 0 unspecified atom stereocenters. The van der Waals surface area contributed by atoms with Gasteiger partial charge in [0.15, 0.2) is 0 Å². The number of hydrogen-bond donors (Lipinski definition) is 0. The van der Waals surface area contributed by atoms with Gasteiger partial charge in [-0.3, -0.25) is 9.97 Å². The molecule has 0 saturated heterocycles. The Bertz CT molecular complexity index is 2980. The summed E-state index contributed by atoms with van der Waals surface area (Å²) in [4.78, 5) is 10.1. The van der Waals surface area contributed by atoms with Crippen molar-refractivity contribution in [3.05, 3.63) is 181 Å². The summed E-state index contributed by atoms with van der Waals surface area (Å²) in [5, 5.41) is 5.06. The number of para-hydroxylation sites is 4. The van der Waals surface area contributed by atoms with Gasteiger partial charge < -0.3 is 9.13 Å². The van der Waals surface area contributed by atoms with Gasteiger partial charge in [0.25, 0.3) is 0 Å². The Hall–Kier alpha value is -6.78. The van der Waals surface area contributed by atoms with E-state index >= 15 is 0 Å². The van der Waals surface area contributed by atoms with Gasteiger partial charge >= 0.3 is 0 Å². The molecular weight excluding hydrogens is 729 g/mol. The largest absolute Gasteiger partial charge is 0.309 e. The summed E-state index contributed by atoms with van der Waals surface area (Å²) in [5.41, 5.74) is 18.2. The van der Waals surface area contributed by atoms with E-state index in [0.717, 1.165) is 45.0 Å². The quantitative estimate of drug-likeness (QED) is 0.174. The van der Waals surface area contributed by atoms with Crippen LogP contribution in [-0.4, -0.2) is 19.1 Å². The Morgan fingerprint density at radius 1 is 0.367 bits per heavy atom. The van der Waals surface area contributed by atoms with Gasteiger partial charge in [-0.1, -0.05) is 126 Å². The molecule has 4 heterocycles. The van der Waals surface area contributed by atoms with Gasteiger partial charge in [0.05, 0.1) is 22.1 Å². The second-order valence-corrected chi connectivity index (χ2v) is 18.4. The van der Waals surface area contributed by atoms with Crippen molar-refractivity contribution in [1.82, 2.24) is 19.1 Å². The van der Waals surface area contributed by atoms with Crippen molar-refractivity contribution >= 4 is 43.6 Å². The van der Waals surface area contributed by atoms with E-state index in [0.29, 0.717) is 0 Å². The number of nitrogens with zero attached hydrogens (tertiary/aromatic N) is 4. The van der Waals surface area contributed by atoms with Crippen molar-refractivity contribution < 1.29 is 0 Å². The monoisotopic (exact) mass is 778 g/mol. The molecular formula is C56H50N4. The fourth-order valence-corrected chi connectivity index (χ4v) is 9.39. The second-order valence-electron chi connectivity index (χ2n) is 18.4. The smallest absolute Gasteiger partial charge is 0.0541 e. The Morgan fingerprint density at radius 2 is 0.683 bits per heavy atom. The average Bonchev–Trinajstić information content (AvgIpc) is 3.76. The fourth-order valence-electron chi connectivity index (χ4n) is 9.39. The number of pyridine rings is 2. The number of rotatable bonds is 5. The Morgan fingerprint density at radius 3 is 1.00 bits per heavy atom. The molecule has 4 aromatic heterocycles. The second kappa shape index (κ2) is 13.9. The van der Waals surface area contributed by atoms with E-state index in [1.807, 2.05) is 12.4 Å². The minimum Gasteiger partial charge on any atom is -0.309 e. The summed E-state index contributed by atoms with van der Waals surface area (Å²) in [5.74, 6) is 0. The number of hydrogen-bond acceptors (Lipinski definition) is 2. The first-order chi connectivity index (χ1) is 28.9. The summed E-state index contributed by atoms with van der Waals surface area (Å²) >= 11 is 0. The summed E-state index contributed by atoms with van der Waals surface area (Å²) in [7, 11) is 0. The maximum Gasteiger partial charge on any atom is 0.0541 e. The molecule has 0 fully saturated rings. The molecule has 294 valence electrons. The van der Waals surface area contributed by atoms with Gasteiger partial charge in [0.1, 0.15) is 0 Å². The zero-order valence-corrected chi connectivity index (χ0v) is 35.8. The predicted molar refractivity (Wildman–Crippen MR) is 254 cm³/mol. The number of fused-ring (bicyclic) bond motifs is 6. The van der Waals surface area contributed by atoms with Gasteiger partial charge in [0, 0.05) is 79.0 Å². The van der Waals surface area contributed by atoms with Crippen LogP contribution in [0.3, 0.4) is 0 Å². The van der Waals surface area contributed by atoms with Crippen LogP contribution in [0.2, 0.25) is 0 Å². The highest BCUT2D eigenvalue weighted by molar-refractivity contribution is 6.10. The van der Waals surface area contributed by atoms with E-state index in [1.54, 1.807) is 0 Å². The third-order valence-electron chi connectivity index (χ3n) is 12.4. The highest BCUT2D eigenvalue weighted by atomic mass is 15.0. The SMILES string of the molecule is Cc1ncc(-c2ccc(-n3c4ccccc4c4ccccc43)cc2C(C)(C)C)cc1-c1cc(-c2ccc(-n3c4ccccc4c4ccccc43)cc2C(C)(C)C)cnc1C. The van der Waals surface area contributed by atoms with Crippen LogP contribution < -0.4 is 0 Å². The molecule has 0 radical (unpaired) electrons. The molecule has 0 amide bonds. The molecule has 10 rings (SSSR count). The molecule has 0 spiro atoms. The lowest BCUT2D eigenvalue weighted by molar-refractivity contribution is 0.591. The van der Waals surface area contributed by atoms with Crippen molar-refractivity contribution in [1.29, 1.82) is 0 Å². The summed E-state index contributed by atoms with van der Waals surface area (Å²) < 4.78 is 4.81. The standard InChI is InChI=1S/C56H50N4/c1-35-47(29-37(33-57-35)41-27-25-39(31-49(41)55(3,4)5)59-51-21-13-9-17-43(51)44-18-10-14-22-52(44)59)48-30-38(34-58-36(48)2)42-28-26-40(32-50(42)56(6,7)8)60-53-23-15-11-19-45(53)46-20-12-16-24-54(46)60/h9-34H,1-8H3. The maximum absolute atomic E-state index is 5.06. The molecule has 10 aromatic rings. The molecule has 0 atom stereocenters.